The number of rotatable bonds is 5. The lowest BCUT2D eigenvalue weighted by molar-refractivity contribution is 0.158. The van der Waals surface area contributed by atoms with Crippen LogP contribution >= 0.6 is 15.9 Å². The number of alkyl halides is 1. The predicted molar refractivity (Wildman–Crippen MR) is 58.0 cm³/mol. The van der Waals surface area contributed by atoms with Crippen molar-refractivity contribution >= 4 is 32.2 Å². The van der Waals surface area contributed by atoms with E-state index < -0.39 is 21.8 Å². The molecule has 0 aromatic heterocycles. The molecule has 88 valence electrons. The van der Waals surface area contributed by atoms with Crippen molar-refractivity contribution in [3.8, 4) is 0 Å². The Labute approximate surface area is 97.1 Å². The number of ether oxygens (including phenoxy) is 1. The maximum atomic E-state index is 11.4. The number of nitrogens with one attached hydrogen (secondary N) is 2. The van der Waals surface area contributed by atoms with Crippen LogP contribution in [0.15, 0.2) is 0 Å². The summed E-state index contributed by atoms with van der Waals surface area (Å²) in [6.45, 7) is 1.73. The first-order chi connectivity index (χ1) is 6.93. The zero-order valence-corrected chi connectivity index (χ0v) is 10.7. The lowest BCUT2D eigenvalue weighted by atomic mass is 10.4. The molecule has 1 aliphatic rings. The van der Waals surface area contributed by atoms with Crippen LogP contribution in [-0.4, -0.2) is 32.0 Å². The van der Waals surface area contributed by atoms with Gasteiger partial charge in [-0.2, -0.15) is 13.1 Å². The highest BCUT2D eigenvalue weighted by molar-refractivity contribution is 9.09. The first-order valence-electron chi connectivity index (χ1n) is 4.47. The van der Waals surface area contributed by atoms with Gasteiger partial charge in [0.2, 0.25) is 0 Å². The first-order valence-corrected chi connectivity index (χ1v) is 7.08. The highest BCUT2D eigenvalue weighted by atomic mass is 79.9. The lowest BCUT2D eigenvalue weighted by Gasteiger charge is -2.14. The van der Waals surface area contributed by atoms with Gasteiger partial charge >= 0.3 is 16.3 Å². The van der Waals surface area contributed by atoms with Gasteiger partial charge in [-0.3, -0.25) is 0 Å². The van der Waals surface area contributed by atoms with Crippen LogP contribution in [0.25, 0.3) is 0 Å². The quantitative estimate of drug-likeness (QED) is 0.724. The van der Waals surface area contributed by atoms with Gasteiger partial charge in [-0.1, -0.05) is 15.9 Å². The molecule has 15 heavy (non-hydrogen) atoms. The number of carbonyl (C=O) groups excluding carboxylic acids is 1. The van der Waals surface area contributed by atoms with E-state index in [1.165, 1.54) is 0 Å². The maximum Gasteiger partial charge on any atom is 0.421 e. The molecule has 0 radical (unpaired) electrons. The highest BCUT2D eigenvalue weighted by Crippen LogP contribution is 2.37. The molecule has 0 bridgehead atoms. The van der Waals surface area contributed by atoms with Gasteiger partial charge in [0.25, 0.3) is 0 Å². The smallest absolute Gasteiger partial charge is 0.421 e. The second-order valence-corrected chi connectivity index (χ2v) is 5.32. The number of carbonyl (C=O) groups is 1. The van der Waals surface area contributed by atoms with Crippen LogP contribution in [0.2, 0.25) is 0 Å². The predicted octanol–water partition coefficient (Wildman–Crippen LogP) is 0.494. The van der Waals surface area contributed by atoms with Crippen molar-refractivity contribution in [3.05, 3.63) is 0 Å². The molecule has 0 heterocycles. The molecule has 0 spiro atoms. The molecule has 1 aliphatic carbocycles. The topological polar surface area (TPSA) is 84.5 Å². The van der Waals surface area contributed by atoms with Gasteiger partial charge in [0.15, 0.2) is 0 Å². The summed E-state index contributed by atoms with van der Waals surface area (Å²) in [5.74, 6) is 0. The van der Waals surface area contributed by atoms with Crippen LogP contribution in [0, 0.1) is 0 Å². The van der Waals surface area contributed by atoms with Crippen molar-refractivity contribution in [2.75, 3.05) is 11.9 Å². The lowest BCUT2D eigenvalue weighted by Crippen LogP contribution is -2.47. The Balaban J connectivity index is 2.49. The maximum absolute atomic E-state index is 11.4. The normalized spacial score (nSPS) is 18.3. The molecule has 1 amide bonds. The molecule has 8 heteroatoms. The van der Waals surface area contributed by atoms with Crippen LogP contribution in [0.3, 0.4) is 0 Å². The van der Waals surface area contributed by atoms with E-state index in [1.807, 2.05) is 0 Å². The van der Waals surface area contributed by atoms with Crippen molar-refractivity contribution in [2.24, 2.45) is 0 Å². The Bertz CT molecular complexity index is 339. The summed E-state index contributed by atoms with van der Waals surface area (Å²) in [4.78, 5) is 10.9. The molecule has 0 saturated heterocycles. The molecule has 0 unspecified atom stereocenters. The Morgan fingerprint density at radius 2 is 2.13 bits per heavy atom. The number of hydrogen-bond donors (Lipinski definition) is 2. The van der Waals surface area contributed by atoms with Gasteiger partial charge in [-0.05, 0) is 19.8 Å². The molecular formula is C7H13BrN2O4S. The average Bonchev–Trinajstić information content (AvgIpc) is 2.83. The third kappa shape index (κ3) is 3.96. The summed E-state index contributed by atoms with van der Waals surface area (Å²) in [5, 5.41) is 0.531. The summed E-state index contributed by atoms with van der Waals surface area (Å²) >= 11 is 3.21. The standard InChI is InChI=1S/C7H13BrN2O4S/c1-2-14-6(11)9-15(12,13)10-7(5-8)3-4-7/h10H,2-5H2,1H3,(H,9,11). The van der Waals surface area contributed by atoms with Gasteiger partial charge in [0.05, 0.1) is 6.61 Å². The fraction of sp³-hybridized carbons (Fsp3) is 0.857. The molecule has 1 rings (SSSR count). The van der Waals surface area contributed by atoms with Gasteiger partial charge in [-0.25, -0.2) is 9.52 Å². The fourth-order valence-corrected chi connectivity index (χ4v) is 3.06. The van der Waals surface area contributed by atoms with Crippen molar-refractivity contribution in [3.63, 3.8) is 0 Å². The highest BCUT2D eigenvalue weighted by Gasteiger charge is 2.45. The fourth-order valence-electron chi connectivity index (χ4n) is 0.995. The zero-order chi connectivity index (χ0) is 11.5. The molecule has 0 aromatic carbocycles. The number of halogens is 1. The number of hydrogen-bond acceptors (Lipinski definition) is 4. The minimum absolute atomic E-state index is 0.130. The van der Waals surface area contributed by atoms with Gasteiger partial charge in [0, 0.05) is 10.9 Å². The van der Waals surface area contributed by atoms with E-state index in [2.05, 4.69) is 25.4 Å². The van der Waals surface area contributed by atoms with E-state index >= 15 is 0 Å². The van der Waals surface area contributed by atoms with Gasteiger partial charge in [0.1, 0.15) is 0 Å². The van der Waals surface area contributed by atoms with Crippen LogP contribution in [-0.2, 0) is 14.9 Å². The van der Waals surface area contributed by atoms with Gasteiger partial charge in [-0.15, -0.1) is 0 Å². The Kier molecular flexibility index (Phi) is 3.96. The third-order valence-electron chi connectivity index (χ3n) is 1.95. The van der Waals surface area contributed by atoms with Crippen LogP contribution in [0.4, 0.5) is 4.79 Å². The van der Waals surface area contributed by atoms with Crippen LogP contribution < -0.4 is 9.44 Å². The Hall–Kier alpha value is -0.340. The van der Waals surface area contributed by atoms with Crippen LogP contribution in [0.1, 0.15) is 19.8 Å². The molecule has 0 aromatic rings. The minimum Gasteiger partial charge on any atom is -0.449 e. The summed E-state index contributed by atoms with van der Waals surface area (Å²) in [6.07, 6.45) is 0.569. The van der Waals surface area contributed by atoms with E-state index in [0.29, 0.717) is 5.33 Å². The van der Waals surface area contributed by atoms with Crippen LogP contribution in [0.5, 0.6) is 0 Å². The third-order valence-corrected chi connectivity index (χ3v) is 4.16. The van der Waals surface area contributed by atoms with E-state index in [0.717, 1.165) is 12.8 Å². The molecule has 0 aliphatic heterocycles. The van der Waals surface area contributed by atoms with Crippen molar-refractivity contribution in [2.45, 2.75) is 25.3 Å². The molecular weight excluding hydrogens is 288 g/mol. The van der Waals surface area contributed by atoms with Crippen molar-refractivity contribution < 1.29 is 17.9 Å². The van der Waals surface area contributed by atoms with E-state index in [1.54, 1.807) is 11.6 Å². The minimum atomic E-state index is -3.81. The van der Waals surface area contributed by atoms with Crippen molar-refractivity contribution in [1.29, 1.82) is 0 Å². The molecule has 1 fully saturated rings. The van der Waals surface area contributed by atoms with Crippen molar-refractivity contribution in [1.82, 2.24) is 9.44 Å². The second kappa shape index (κ2) is 4.67. The van der Waals surface area contributed by atoms with Gasteiger partial charge < -0.3 is 4.74 Å². The molecule has 0 atom stereocenters. The zero-order valence-electron chi connectivity index (χ0n) is 8.25. The summed E-state index contributed by atoms with van der Waals surface area (Å²) < 4.78 is 31.4. The first kappa shape index (κ1) is 12.7. The van der Waals surface area contributed by atoms with E-state index in [4.69, 9.17) is 0 Å². The Morgan fingerprint density at radius 1 is 1.53 bits per heavy atom. The van der Waals surface area contributed by atoms with E-state index in [-0.39, 0.29) is 6.61 Å². The summed E-state index contributed by atoms with van der Waals surface area (Å²) in [6, 6.07) is 0. The molecule has 6 nitrogen and oxygen atoms in total. The van der Waals surface area contributed by atoms with E-state index in [9.17, 15) is 13.2 Å². The monoisotopic (exact) mass is 300 g/mol. The Morgan fingerprint density at radius 3 is 2.53 bits per heavy atom. The number of amides is 1. The largest absolute Gasteiger partial charge is 0.449 e. The molecule has 2 N–H and O–H groups in total. The average molecular weight is 301 g/mol. The summed E-state index contributed by atoms with van der Waals surface area (Å²) in [7, 11) is -3.81. The summed E-state index contributed by atoms with van der Waals surface area (Å²) in [5.41, 5.74) is -0.432. The molecule has 1 saturated carbocycles. The second-order valence-electron chi connectivity index (χ2n) is 3.34. The SMILES string of the molecule is CCOC(=O)NS(=O)(=O)NC1(CBr)CC1.